The van der Waals surface area contributed by atoms with Gasteiger partial charge in [-0.2, -0.15) is 13.2 Å². The summed E-state index contributed by atoms with van der Waals surface area (Å²) in [6, 6.07) is 12.6. The highest BCUT2D eigenvalue weighted by Crippen LogP contribution is 2.34. The molecule has 0 aliphatic carbocycles. The third kappa shape index (κ3) is 8.09. The van der Waals surface area contributed by atoms with Crippen LogP contribution in [0.4, 0.5) is 13.2 Å². The van der Waals surface area contributed by atoms with Gasteiger partial charge in [0, 0.05) is 12.5 Å². The number of phenols is 1. The van der Waals surface area contributed by atoms with Crippen molar-refractivity contribution in [2.75, 3.05) is 6.61 Å². The highest BCUT2D eigenvalue weighted by Gasteiger charge is 2.46. The van der Waals surface area contributed by atoms with Crippen molar-refractivity contribution >= 4 is 18.5 Å². The Balaban J connectivity index is 0.000000696. The molecule has 2 aromatic carbocycles. The van der Waals surface area contributed by atoms with E-state index in [0.717, 1.165) is 0 Å². The smallest absolute Gasteiger partial charge is 0.438 e. The Labute approximate surface area is 193 Å². The molecule has 0 aromatic heterocycles. The molecule has 0 radical (unpaired) electrons. The molecule has 12 heteroatoms. The highest BCUT2D eigenvalue weighted by molar-refractivity contribution is 7.81. The lowest BCUT2D eigenvalue weighted by Crippen LogP contribution is -2.65. The van der Waals surface area contributed by atoms with Crippen LogP contribution in [0.25, 0.3) is 11.1 Å². The number of nitrogens with one attached hydrogen (secondary N) is 1. The summed E-state index contributed by atoms with van der Waals surface area (Å²) in [6.07, 6.45) is -5.01. The summed E-state index contributed by atoms with van der Waals surface area (Å²) in [4.78, 5) is 11.5. The molecule has 1 amide bonds. The molecular formula is C21H24F3NO7S. The number of hydrogen-bond acceptors (Lipinski definition) is 8. The Hall–Kier alpha value is -2.51. The summed E-state index contributed by atoms with van der Waals surface area (Å²) >= 11 is 2.12. The van der Waals surface area contributed by atoms with E-state index in [2.05, 4.69) is 17.9 Å². The summed E-state index contributed by atoms with van der Waals surface area (Å²) in [5.74, 6) is 0.0436. The number of alkyl halides is 3. The van der Waals surface area contributed by atoms with Crippen molar-refractivity contribution in [3.05, 3.63) is 48.5 Å². The molecule has 1 aliphatic rings. The van der Waals surface area contributed by atoms with Crippen LogP contribution < -0.4 is 10.1 Å². The fourth-order valence-corrected chi connectivity index (χ4v) is 3.18. The van der Waals surface area contributed by atoms with Crippen LogP contribution in [-0.2, 0) is 9.53 Å². The Bertz CT molecular complexity index is 925. The van der Waals surface area contributed by atoms with Crippen molar-refractivity contribution in [2.45, 2.75) is 43.1 Å². The zero-order valence-electron chi connectivity index (χ0n) is 17.3. The minimum Gasteiger partial charge on any atom is -0.508 e. The Kier molecular flexibility index (Phi) is 9.37. The quantitative estimate of drug-likeness (QED) is 0.352. The van der Waals surface area contributed by atoms with E-state index in [4.69, 9.17) is 9.47 Å². The SMILES string of the molecule is CC(=O)NC1C(Oc2ccccc2-c2cccc(O)c2)OC(CO)C(O)C1O.FC(F)(F)S. The van der Waals surface area contributed by atoms with Gasteiger partial charge in [-0.25, -0.2) is 0 Å². The molecular weight excluding hydrogens is 467 g/mol. The van der Waals surface area contributed by atoms with Crippen LogP contribution in [0, 0.1) is 0 Å². The first-order valence-corrected chi connectivity index (χ1v) is 10.1. The van der Waals surface area contributed by atoms with Crippen LogP contribution in [0.15, 0.2) is 48.5 Å². The second-order valence-corrected chi connectivity index (χ2v) is 7.57. The van der Waals surface area contributed by atoms with Crippen LogP contribution in [0.3, 0.4) is 0 Å². The molecule has 5 unspecified atom stereocenters. The minimum atomic E-state index is -4.31. The average Bonchev–Trinajstić information content (AvgIpc) is 2.72. The molecule has 3 rings (SSSR count). The molecule has 2 aromatic rings. The number of aliphatic hydroxyl groups is 3. The summed E-state index contributed by atoms with van der Waals surface area (Å²) < 4.78 is 42.2. The van der Waals surface area contributed by atoms with E-state index in [1.165, 1.54) is 6.92 Å². The number of benzene rings is 2. The molecule has 1 fully saturated rings. The number of amides is 1. The first-order valence-electron chi connectivity index (χ1n) is 9.64. The molecule has 0 bridgehead atoms. The van der Waals surface area contributed by atoms with Gasteiger partial charge in [-0.1, -0.05) is 43.0 Å². The van der Waals surface area contributed by atoms with E-state index in [-0.39, 0.29) is 5.75 Å². The maximum Gasteiger partial charge on any atom is 0.438 e. The van der Waals surface area contributed by atoms with Crippen molar-refractivity contribution in [3.63, 3.8) is 0 Å². The highest BCUT2D eigenvalue weighted by atomic mass is 32.1. The second-order valence-electron chi connectivity index (χ2n) is 7.07. The van der Waals surface area contributed by atoms with Crippen LogP contribution >= 0.6 is 12.6 Å². The van der Waals surface area contributed by atoms with E-state index in [9.17, 15) is 38.4 Å². The van der Waals surface area contributed by atoms with Crippen LogP contribution in [-0.4, -0.2) is 69.1 Å². The van der Waals surface area contributed by atoms with Gasteiger partial charge < -0.3 is 35.2 Å². The summed E-state index contributed by atoms with van der Waals surface area (Å²) in [5, 5.41) is 42.2. The van der Waals surface area contributed by atoms with Gasteiger partial charge in [0.15, 0.2) is 0 Å². The number of rotatable bonds is 5. The van der Waals surface area contributed by atoms with Crippen molar-refractivity contribution < 1.29 is 47.9 Å². The number of aliphatic hydroxyl groups excluding tert-OH is 3. The molecule has 8 nitrogen and oxygen atoms in total. The van der Waals surface area contributed by atoms with Gasteiger partial charge in [0.05, 0.1) is 6.61 Å². The van der Waals surface area contributed by atoms with Crippen LogP contribution in [0.2, 0.25) is 0 Å². The number of ether oxygens (including phenoxy) is 2. The molecule has 1 heterocycles. The van der Waals surface area contributed by atoms with Gasteiger partial charge in [0.25, 0.3) is 0 Å². The number of phenolic OH excluding ortho intramolecular Hbond substituents is 1. The van der Waals surface area contributed by atoms with Gasteiger partial charge in [-0.15, -0.1) is 0 Å². The molecule has 5 N–H and O–H groups in total. The fourth-order valence-electron chi connectivity index (χ4n) is 3.18. The van der Waals surface area contributed by atoms with Crippen molar-refractivity contribution in [3.8, 4) is 22.6 Å². The maximum absolute atomic E-state index is 11.5. The standard InChI is InChI=1S/C20H23NO7.CHF3S/c1-11(23)21-17-19(26)18(25)16(10-22)28-20(17)27-15-8-3-2-7-14(15)12-5-4-6-13(24)9-12;2-1(3,4)5/h2-9,16-20,22,24-26H,10H2,1H3,(H,21,23);5H. The van der Waals surface area contributed by atoms with Gasteiger partial charge in [0.1, 0.15) is 35.9 Å². The number of para-hydroxylation sites is 1. The number of halogens is 3. The Morgan fingerprint density at radius 3 is 2.36 bits per heavy atom. The molecule has 0 spiro atoms. The first kappa shape index (κ1) is 26.7. The van der Waals surface area contributed by atoms with Gasteiger partial charge in [0.2, 0.25) is 12.2 Å². The first-order chi connectivity index (χ1) is 15.4. The van der Waals surface area contributed by atoms with Gasteiger partial charge in [-0.3, -0.25) is 4.79 Å². The van der Waals surface area contributed by atoms with Crippen molar-refractivity contribution in [1.82, 2.24) is 5.32 Å². The van der Waals surface area contributed by atoms with E-state index in [0.29, 0.717) is 16.9 Å². The second kappa shape index (κ2) is 11.6. The van der Waals surface area contributed by atoms with Crippen molar-refractivity contribution in [2.24, 2.45) is 0 Å². The summed E-state index contributed by atoms with van der Waals surface area (Å²) in [6.45, 7) is 0.744. The normalized spacial score (nSPS) is 24.9. The third-order valence-electron chi connectivity index (χ3n) is 4.54. The Morgan fingerprint density at radius 2 is 1.79 bits per heavy atom. The molecule has 5 atom stereocenters. The number of carbonyl (C=O) groups excluding carboxylic acids is 1. The van der Waals surface area contributed by atoms with Gasteiger partial charge >= 0.3 is 5.51 Å². The van der Waals surface area contributed by atoms with E-state index in [1.54, 1.807) is 48.5 Å². The number of aromatic hydroxyl groups is 1. The molecule has 182 valence electrons. The zero-order valence-corrected chi connectivity index (χ0v) is 18.2. The molecule has 1 saturated heterocycles. The van der Waals surface area contributed by atoms with Gasteiger partial charge in [-0.05, 0) is 23.8 Å². The van der Waals surface area contributed by atoms with E-state index < -0.39 is 48.7 Å². The number of thiol groups is 1. The average molecular weight is 491 g/mol. The van der Waals surface area contributed by atoms with Crippen LogP contribution in [0.5, 0.6) is 11.5 Å². The van der Waals surface area contributed by atoms with Crippen molar-refractivity contribution in [1.29, 1.82) is 0 Å². The lowest BCUT2D eigenvalue weighted by atomic mass is 9.96. The Morgan fingerprint density at radius 1 is 1.15 bits per heavy atom. The lowest BCUT2D eigenvalue weighted by molar-refractivity contribution is -0.244. The molecule has 33 heavy (non-hydrogen) atoms. The third-order valence-corrected chi connectivity index (χ3v) is 4.54. The summed E-state index contributed by atoms with van der Waals surface area (Å²) in [5.41, 5.74) is -2.95. The molecule has 1 aliphatic heterocycles. The largest absolute Gasteiger partial charge is 0.508 e. The van der Waals surface area contributed by atoms with E-state index >= 15 is 0 Å². The van der Waals surface area contributed by atoms with E-state index in [1.807, 2.05) is 0 Å². The zero-order chi connectivity index (χ0) is 24.8. The molecule has 0 saturated carbocycles. The predicted molar refractivity (Wildman–Crippen MR) is 115 cm³/mol. The number of hydrogen-bond donors (Lipinski definition) is 6. The summed E-state index contributed by atoms with van der Waals surface area (Å²) in [7, 11) is 0. The minimum absolute atomic E-state index is 0.0937. The maximum atomic E-state index is 11.5. The monoisotopic (exact) mass is 491 g/mol. The lowest BCUT2D eigenvalue weighted by Gasteiger charge is -2.42. The fraction of sp³-hybridized carbons (Fsp3) is 0.381. The number of carbonyl (C=O) groups is 1. The predicted octanol–water partition coefficient (Wildman–Crippen LogP) is 1.82. The van der Waals surface area contributed by atoms with Crippen LogP contribution in [0.1, 0.15) is 6.92 Å². The topological polar surface area (TPSA) is 128 Å².